The highest BCUT2D eigenvalue weighted by atomic mass is 79.9. The molecule has 0 saturated carbocycles. The molecular formula is C17H13BrF3N3O2S. The molecule has 0 fully saturated rings. The topological polar surface area (TPSA) is 64.0 Å². The van der Waals surface area contributed by atoms with E-state index in [0.29, 0.717) is 10.4 Å². The Balaban J connectivity index is 2.19. The molecule has 10 heteroatoms. The van der Waals surface area contributed by atoms with Gasteiger partial charge in [-0.05, 0) is 12.1 Å². The van der Waals surface area contributed by atoms with Crippen LogP contribution >= 0.6 is 15.9 Å². The lowest BCUT2D eigenvalue weighted by molar-refractivity contribution is -0.141. The smallest absolute Gasteiger partial charge is 0.200 e. The number of nitrogens with zero attached hydrogens (tertiary/aromatic N) is 2. The van der Waals surface area contributed by atoms with Gasteiger partial charge in [-0.1, -0.05) is 64.5 Å². The summed E-state index contributed by atoms with van der Waals surface area (Å²) in [5.41, 5.74) is -0.913. The Morgan fingerprint density at radius 3 is 2.07 bits per heavy atom. The van der Waals surface area contributed by atoms with E-state index in [0.717, 1.165) is 0 Å². The van der Waals surface area contributed by atoms with Gasteiger partial charge < -0.3 is 0 Å². The van der Waals surface area contributed by atoms with Gasteiger partial charge in [0.25, 0.3) is 10.0 Å². The van der Waals surface area contributed by atoms with Gasteiger partial charge in [-0.15, -0.1) is 5.10 Å². The molecule has 1 heterocycles. The van der Waals surface area contributed by atoms with Gasteiger partial charge in [0.15, 0.2) is 5.69 Å². The number of aromatic nitrogens is 2. The van der Waals surface area contributed by atoms with Crippen LogP contribution in [0.4, 0.5) is 13.2 Å². The normalized spacial score (nSPS) is 12.1. The molecule has 0 atom stereocenters. The van der Waals surface area contributed by atoms with E-state index in [-0.39, 0.29) is 21.5 Å². The predicted molar refractivity (Wildman–Crippen MR) is 98.3 cm³/mol. The lowest BCUT2D eigenvalue weighted by atomic mass is 10.1. The number of rotatable bonds is 5. The lowest BCUT2D eigenvalue weighted by Gasteiger charge is -2.12. The molecule has 142 valence electrons. The number of sulfonamides is 1. The number of alkyl halides is 4. The molecule has 0 saturated heterocycles. The van der Waals surface area contributed by atoms with Crippen LogP contribution < -0.4 is 4.83 Å². The van der Waals surface area contributed by atoms with E-state index >= 15 is 0 Å². The molecule has 0 aliphatic carbocycles. The van der Waals surface area contributed by atoms with E-state index < -0.39 is 21.9 Å². The van der Waals surface area contributed by atoms with E-state index in [1.54, 1.807) is 36.4 Å². The van der Waals surface area contributed by atoms with Crippen molar-refractivity contribution in [2.45, 2.75) is 16.4 Å². The third-order valence-electron chi connectivity index (χ3n) is 3.69. The minimum absolute atomic E-state index is 0.0132. The Morgan fingerprint density at radius 2 is 1.56 bits per heavy atom. The van der Waals surface area contributed by atoms with Crippen molar-refractivity contribution in [3.63, 3.8) is 0 Å². The highest BCUT2D eigenvalue weighted by Crippen LogP contribution is 2.37. The summed E-state index contributed by atoms with van der Waals surface area (Å²) in [5.74, 6) is 0. The molecule has 0 aliphatic heterocycles. The zero-order valence-electron chi connectivity index (χ0n) is 13.6. The van der Waals surface area contributed by atoms with Gasteiger partial charge in [0.2, 0.25) is 0 Å². The largest absolute Gasteiger partial charge is 0.435 e. The maximum absolute atomic E-state index is 13.4. The van der Waals surface area contributed by atoms with Crippen LogP contribution in [-0.2, 0) is 21.5 Å². The van der Waals surface area contributed by atoms with Crippen LogP contribution in [0, 0.1) is 0 Å². The zero-order chi connectivity index (χ0) is 19.7. The number of halogens is 4. The van der Waals surface area contributed by atoms with Gasteiger partial charge >= 0.3 is 6.18 Å². The molecule has 0 bridgehead atoms. The Morgan fingerprint density at radius 1 is 1.00 bits per heavy atom. The number of nitrogens with one attached hydrogen (secondary N) is 1. The molecule has 2 aromatic carbocycles. The lowest BCUT2D eigenvalue weighted by Crippen LogP contribution is -2.25. The highest BCUT2D eigenvalue weighted by molar-refractivity contribution is 9.08. The summed E-state index contributed by atoms with van der Waals surface area (Å²) < 4.78 is 65.4. The van der Waals surface area contributed by atoms with Gasteiger partial charge in [-0.25, -0.2) is 0 Å². The Labute approximate surface area is 162 Å². The van der Waals surface area contributed by atoms with E-state index in [4.69, 9.17) is 0 Å². The summed E-state index contributed by atoms with van der Waals surface area (Å²) in [4.78, 5) is 2.70. The predicted octanol–water partition coefficient (Wildman–Crippen LogP) is 4.40. The Hall–Kier alpha value is -2.33. The monoisotopic (exact) mass is 459 g/mol. The van der Waals surface area contributed by atoms with E-state index in [2.05, 4.69) is 25.9 Å². The first-order chi connectivity index (χ1) is 12.7. The summed E-state index contributed by atoms with van der Waals surface area (Å²) in [5, 5.41) is 3.36. The van der Waals surface area contributed by atoms with Crippen LogP contribution in [0.1, 0.15) is 11.3 Å². The van der Waals surface area contributed by atoms with Crippen LogP contribution in [0.3, 0.4) is 0 Å². The zero-order valence-corrected chi connectivity index (χ0v) is 16.0. The summed E-state index contributed by atoms with van der Waals surface area (Å²) >= 11 is 3.06. The minimum atomic E-state index is -4.74. The van der Waals surface area contributed by atoms with Crippen molar-refractivity contribution < 1.29 is 21.6 Å². The molecule has 0 radical (unpaired) electrons. The average Bonchev–Trinajstić information content (AvgIpc) is 3.01. The first kappa shape index (κ1) is 19.4. The molecular weight excluding hydrogens is 447 g/mol. The Bertz CT molecular complexity index is 1040. The molecule has 3 rings (SSSR count). The van der Waals surface area contributed by atoms with Crippen LogP contribution in [0.15, 0.2) is 65.6 Å². The number of hydrogen-bond donors (Lipinski definition) is 1. The third kappa shape index (κ3) is 4.01. The first-order valence-electron chi connectivity index (χ1n) is 7.62. The number of hydrogen-bond acceptors (Lipinski definition) is 3. The van der Waals surface area contributed by atoms with Gasteiger partial charge in [0, 0.05) is 16.5 Å². The molecule has 0 amide bonds. The second-order valence-electron chi connectivity index (χ2n) is 5.49. The van der Waals surface area contributed by atoms with Crippen molar-refractivity contribution in [3.8, 4) is 11.3 Å². The van der Waals surface area contributed by atoms with Gasteiger partial charge in [-0.2, -0.15) is 31.2 Å². The standard InChI is InChI=1S/C17H13BrF3N3O2S/c18-11-14-15(12-7-3-1-4-8-12)24(22-16(14)17(19,20)21)23-27(25,26)13-9-5-2-6-10-13/h1-10,23H,11H2. The average molecular weight is 460 g/mol. The van der Waals surface area contributed by atoms with E-state index in [1.165, 1.54) is 24.3 Å². The maximum atomic E-state index is 13.4. The fraction of sp³-hybridized carbons (Fsp3) is 0.118. The van der Waals surface area contributed by atoms with E-state index in [9.17, 15) is 21.6 Å². The van der Waals surface area contributed by atoms with Crippen molar-refractivity contribution in [3.05, 3.63) is 71.9 Å². The molecule has 0 unspecified atom stereocenters. The second kappa shape index (κ2) is 7.35. The quantitative estimate of drug-likeness (QED) is 0.575. The molecule has 0 spiro atoms. The van der Waals surface area contributed by atoms with E-state index in [1.807, 2.05) is 0 Å². The molecule has 0 aliphatic rings. The fourth-order valence-electron chi connectivity index (χ4n) is 2.53. The molecule has 1 N–H and O–H groups in total. The van der Waals surface area contributed by atoms with Crippen molar-refractivity contribution in [2.24, 2.45) is 0 Å². The van der Waals surface area contributed by atoms with Crippen molar-refractivity contribution >= 4 is 26.0 Å². The van der Waals surface area contributed by atoms with Crippen molar-refractivity contribution in [1.29, 1.82) is 0 Å². The van der Waals surface area contributed by atoms with Crippen LogP contribution in [-0.4, -0.2) is 18.3 Å². The fourth-order valence-corrected chi connectivity index (χ4v) is 4.04. The summed E-state index contributed by atoms with van der Waals surface area (Å²) in [6.45, 7) is 0. The van der Waals surface area contributed by atoms with Crippen LogP contribution in [0.5, 0.6) is 0 Å². The third-order valence-corrected chi connectivity index (χ3v) is 5.56. The minimum Gasteiger partial charge on any atom is -0.200 e. The summed E-state index contributed by atoms with van der Waals surface area (Å²) in [6, 6.07) is 15.5. The molecule has 3 aromatic rings. The molecule has 27 heavy (non-hydrogen) atoms. The SMILES string of the molecule is O=S(=O)(Nn1nc(C(F)(F)F)c(CBr)c1-c1ccccc1)c1ccccc1. The first-order valence-corrected chi connectivity index (χ1v) is 10.2. The molecule has 1 aromatic heterocycles. The van der Waals surface area contributed by atoms with Crippen molar-refractivity contribution in [1.82, 2.24) is 9.89 Å². The van der Waals surface area contributed by atoms with Gasteiger partial charge in [-0.3, -0.25) is 0 Å². The van der Waals surface area contributed by atoms with Crippen molar-refractivity contribution in [2.75, 3.05) is 4.83 Å². The van der Waals surface area contributed by atoms with Crippen LogP contribution in [0.25, 0.3) is 11.3 Å². The summed E-state index contributed by atoms with van der Waals surface area (Å²) in [7, 11) is -4.13. The Kier molecular flexibility index (Phi) is 5.29. The van der Waals surface area contributed by atoms with Crippen LogP contribution in [0.2, 0.25) is 0 Å². The summed E-state index contributed by atoms with van der Waals surface area (Å²) in [6.07, 6.45) is -4.74. The molecule has 5 nitrogen and oxygen atoms in total. The maximum Gasteiger partial charge on any atom is 0.435 e. The second-order valence-corrected chi connectivity index (χ2v) is 7.71. The number of benzene rings is 2. The highest BCUT2D eigenvalue weighted by Gasteiger charge is 2.39. The van der Waals surface area contributed by atoms with Gasteiger partial charge in [0.05, 0.1) is 10.6 Å². The van der Waals surface area contributed by atoms with Gasteiger partial charge in [0.1, 0.15) is 0 Å².